The zero-order chi connectivity index (χ0) is 20.4. The van der Waals surface area contributed by atoms with E-state index < -0.39 is 0 Å². The number of hydrogen-bond acceptors (Lipinski definition) is 2. The van der Waals surface area contributed by atoms with Crippen LogP contribution < -0.4 is 16.0 Å². The maximum atomic E-state index is 11.8. The van der Waals surface area contributed by atoms with E-state index in [1.165, 1.54) is 11.1 Å². The van der Waals surface area contributed by atoms with E-state index in [9.17, 15) is 4.79 Å². The Bertz CT molecular complexity index is 783. The number of rotatable bonds is 8. The number of amides is 1. The van der Waals surface area contributed by atoms with Gasteiger partial charge in [0, 0.05) is 38.2 Å². The maximum Gasteiger partial charge on any atom is 0.251 e. The van der Waals surface area contributed by atoms with Crippen molar-refractivity contribution in [3.63, 3.8) is 0 Å². The van der Waals surface area contributed by atoms with E-state index in [1.54, 1.807) is 7.05 Å². The number of nitrogens with one attached hydrogen (secondary N) is 3. The third-order valence-electron chi connectivity index (χ3n) is 4.64. The molecule has 0 aliphatic rings. The predicted octanol–water partition coefficient (Wildman–Crippen LogP) is 3.26. The van der Waals surface area contributed by atoms with Gasteiger partial charge in [0.2, 0.25) is 0 Å². The summed E-state index contributed by atoms with van der Waals surface area (Å²) in [7, 11) is 1.65. The van der Waals surface area contributed by atoms with E-state index in [4.69, 9.17) is 4.99 Å². The molecule has 1 unspecified atom stereocenters. The molecule has 2 aromatic rings. The first-order valence-electron chi connectivity index (χ1n) is 9.93. The molecule has 150 valence electrons. The fourth-order valence-electron chi connectivity index (χ4n) is 2.91. The minimum Gasteiger partial charge on any atom is -0.357 e. The predicted molar refractivity (Wildman–Crippen MR) is 117 cm³/mol. The van der Waals surface area contributed by atoms with Crippen LogP contribution in [0.2, 0.25) is 0 Å². The lowest BCUT2D eigenvalue weighted by atomic mass is 10.0. The van der Waals surface area contributed by atoms with Crippen molar-refractivity contribution in [3.05, 3.63) is 70.8 Å². The lowest BCUT2D eigenvalue weighted by Crippen LogP contribution is -2.38. The van der Waals surface area contributed by atoms with Crippen molar-refractivity contribution in [3.8, 4) is 0 Å². The molecule has 0 heterocycles. The number of hydrogen-bond donors (Lipinski definition) is 3. The molecule has 5 nitrogen and oxygen atoms in total. The van der Waals surface area contributed by atoms with Crippen LogP contribution in [-0.4, -0.2) is 38.5 Å². The molecular formula is C23H32N4O. The third kappa shape index (κ3) is 6.72. The first-order valence-corrected chi connectivity index (χ1v) is 9.93. The number of aliphatic imine (C=N–C) groups is 1. The molecule has 0 aliphatic heterocycles. The van der Waals surface area contributed by atoms with Crippen LogP contribution in [0.5, 0.6) is 0 Å². The van der Waals surface area contributed by atoms with E-state index >= 15 is 0 Å². The number of guanidine groups is 1. The van der Waals surface area contributed by atoms with E-state index in [0.717, 1.165) is 37.6 Å². The van der Waals surface area contributed by atoms with Gasteiger partial charge in [-0.15, -0.1) is 0 Å². The second kappa shape index (κ2) is 11.1. The normalized spacial score (nSPS) is 12.4. The molecule has 0 radical (unpaired) electrons. The molecular weight excluding hydrogens is 348 g/mol. The molecule has 2 rings (SSSR count). The molecule has 0 bridgehead atoms. The first-order chi connectivity index (χ1) is 13.5. The largest absolute Gasteiger partial charge is 0.357 e. The lowest BCUT2D eigenvalue weighted by molar-refractivity contribution is 0.0963. The van der Waals surface area contributed by atoms with Crippen LogP contribution in [0, 0.1) is 6.92 Å². The van der Waals surface area contributed by atoms with Gasteiger partial charge >= 0.3 is 0 Å². The minimum atomic E-state index is -0.0604. The van der Waals surface area contributed by atoms with Crippen molar-refractivity contribution < 1.29 is 4.79 Å². The number of carbonyl (C=O) groups is 1. The van der Waals surface area contributed by atoms with E-state index in [1.807, 2.05) is 24.3 Å². The number of aryl methyl sites for hydroxylation is 1. The third-order valence-corrected chi connectivity index (χ3v) is 4.64. The van der Waals surface area contributed by atoms with Crippen molar-refractivity contribution in [1.29, 1.82) is 0 Å². The van der Waals surface area contributed by atoms with Gasteiger partial charge in [-0.1, -0.05) is 48.9 Å². The second-order valence-electron chi connectivity index (χ2n) is 6.99. The topological polar surface area (TPSA) is 65.5 Å². The van der Waals surface area contributed by atoms with Gasteiger partial charge in [-0.3, -0.25) is 9.79 Å². The van der Waals surface area contributed by atoms with Gasteiger partial charge in [0.1, 0.15) is 0 Å². The fraction of sp³-hybridized carbons (Fsp3) is 0.391. The van der Waals surface area contributed by atoms with Gasteiger partial charge in [-0.05, 0) is 43.5 Å². The molecule has 0 aliphatic carbocycles. The van der Waals surface area contributed by atoms with Crippen LogP contribution in [-0.2, 0) is 6.42 Å². The molecule has 1 amide bonds. The summed E-state index contributed by atoms with van der Waals surface area (Å²) < 4.78 is 0. The quantitative estimate of drug-likeness (QED) is 0.486. The van der Waals surface area contributed by atoms with E-state index in [2.05, 4.69) is 61.0 Å². The van der Waals surface area contributed by atoms with Gasteiger partial charge < -0.3 is 16.0 Å². The van der Waals surface area contributed by atoms with Crippen molar-refractivity contribution >= 4 is 11.9 Å². The minimum absolute atomic E-state index is 0.0604. The molecule has 2 aromatic carbocycles. The van der Waals surface area contributed by atoms with E-state index in [-0.39, 0.29) is 5.91 Å². The zero-order valence-electron chi connectivity index (χ0n) is 17.4. The number of carbonyl (C=O) groups excluding carboxylic acids is 1. The molecule has 5 heteroatoms. The van der Waals surface area contributed by atoms with Crippen LogP contribution in [0.4, 0.5) is 0 Å². The maximum absolute atomic E-state index is 11.8. The summed E-state index contributed by atoms with van der Waals surface area (Å²) in [5.74, 6) is 1.12. The molecule has 0 saturated carbocycles. The SMILES string of the molecule is CCNC(=NCC(C)c1ccc(C)cc1)NCCc1cccc(C(=O)NC)c1. The number of benzene rings is 2. The molecule has 0 spiro atoms. The Morgan fingerprint density at radius 1 is 1.11 bits per heavy atom. The summed E-state index contributed by atoms with van der Waals surface area (Å²) in [5.41, 5.74) is 4.39. The van der Waals surface area contributed by atoms with E-state index in [0.29, 0.717) is 11.5 Å². The molecule has 0 saturated heterocycles. The van der Waals surface area contributed by atoms with Crippen LogP contribution in [0.15, 0.2) is 53.5 Å². The van der Waals surface area contributed by atoms with Gasteiger partial charge in [-0.2, -0.15) is 0 Å². The molecule has 3 N–H and O–H groups in total. The standard InChI is InChI=1S/C23H32N4O/c1-5-25-23(27-16-18(3)20-11-9-17(2)10-12-20)26-14-13-19-7-6-8-21(15-19)22(28)24-4/h6-12,15,18H,5,13-14,16H2,1-4H3,(H,24,28)(H2,25,26,27). The Morgan fingerprint density at radius 3 is 2.54 bits per heavy atom. The number of nitrogens with zero attached hydrogens (tertiary/aromatic N) is 1. The molecule has 0 fully saturated rings. The van der Waals surface area contributed by atoms with Crippen LogP contribution in [0.1, 0.15) is 46.8 Å². The highest BCUT2D eigenvalue weighted by Gasteiger charge is 2.06. The molecule has 1 atom stereocenters. The summed E-state index contributed by atoms with van der Waals surface area (Å²) in [6.45, 7) is 8.66. The highest BCUT2D eigenvalue weighted by atomic mass is 16.1. The fourth-order valence-corrected chi connectivity index (χ4v) is 2.91. The summed E-state index contributed by atoms with van der Waals surface area (Å²) in [5, 5.41) is 9.34. The zero-order valence-corrected chi connectivity index (χ0v) is 17.4. The Labute approximate surface area is 168 Å². The van der Waals surface area contributed by atoms with Crippen LogP contribution in [0.3, 0.4) is 0 Å². The smallest absolute Gasteiger partial charge is 0.251 e. The Balaban J connectivity index is 1.90. The van der Waals surface area contributed by atoms with Crippen molar-refractivity contribution in [2.24, 2.45) is 4.99 Å². The monoisotopic (exact) mass is 380 g/mol. The van der Waals surface area contributed by atoms with Gasteiger partial charge in [0.25, 0.3) is 5.91 Å². The Kier molecular flexibility index (Phi) is 8.53. The highest BCUT2D eigenvalue weighted by molar-refractivity contribution is 5.94. The lowest BCUT2D eigenvalue weighted by Gasteiger charge is -2.14. The second-order valence-corrected chi connectivity index (χ2v) is 6.99. The van der Waals surface area contributed by atoms with Crippen molar-refractivity contribution in [1.82, 2.24) is 16.0 Å². The van der Waals surface area contributed by atoms with Gasteiger partial charge in [0.05, 0.1) is 0 Å². The summed E-state index contributed by atoms with van der Waals surface area (Å²) >= 11 is 0. The van der Waals surface area contributed by atoms with Crippen molar-refractivity contribution in [2.75, 3.05) is 26.7 Å². The van der Waals surface area contributed by atoms with Crippen LogP contribution in [0.25, 0.3) is 0 Å². The average Bonchev–Trinajstić information content (AvgIpc) is 2.72. The Morgan fingerprint density at radius 2 is 1.86 bits per heavy atom. The Hall–Kier alpha value is -2.82. The summed E-state index contributed by atoms with van der Waals surface area (Å²) in [4.78, 5) is 16.5. The summed E-state index contributed by atoms with van der Waals surface area (Å²) in [6.07, 6.45) is 0.822. The highest BCUT2D eigenvalue weighted by Crippen LogP contribution is 2.16. The van der Waals surface area contributed by atoms with Gasteiger partial charge in [-0.25, -0.2) is 0 Å². The van der Waals surface area contributed by atoms with Crippen molar-refractivity contribution in [2.45, 2.75) is 33.1 Å². The summed E-state index contributed by atoms with van der Waals surface area (Å²) in [6, 6.07) is 16.4. The first kappa shape index (κ1) is 21.5. The van der Waals surface area contributed by atoms with Crippen LogP contribution >= 0.6 is 0 Å². The molecule has 0 aromatic heterocycles. The average molecular weight is 381 g/mol. The molecule has 28 heavy (non-hydrogen) atoms. The van der Waals surface area contributed by atoms with Gasteiger partial charge in [0.15, 0.2) is 5.96 Å².